The maximum Gasteiger partial charge on any atom is 0.123 e. The summed E-state index contributed by atoms with van der Waals surface area (Å²) in [4.78, 5) is 0. The number of hydrogen-bond acceptors (Lipinski definition) is 3. The normalized spacial score (nSPS) is 10.8. The fourth-order valence-corrected chi connectivity index (χ4v) is 2.12. The minimum atomic E-state index is 0.155. The van der Waals surface area contributed by atoms with Gasteiger partial charge in [-0.25, -0.2) is 0 Å². The van der Waals surface area contributed by atoms with Crippen LogP contribution in [-0.4, -0.2) is 17.8 Å². The maximum atomic E-state index is 10.0. The molecule has 0 saturated heterocycles. The van der Waals surface area contributed by atoms with Crippen molar-refractivity contribution in [3.63, 3.8) is 0 Å². The Morgan fingerprint density at radius 2 is 1.80 bits per heavy atom. The van der Waals surface area contributed by atoms with Crippen LogP contribution in [0.3, 0.4) is 0 Å². The van der Waals surface area contributed by atoms with Crippen molar-refractivity contribution in [2.45, 2.75) is 26.4 Å². The Kier molecular flexibility index (Phi) is 4.64. The van der Waals surface area contributed by atoms with E-state index < -0.39 is 0 Å². The number of ether oxygens (including phenoxy) is 1. The van der Waals surface area contributed by atoms with Gasteiger partial charge in [-0.2, -0.15) is 0 Å². The first-order chi connectivity index (χ1) is 9.60. The molecule has 2 aromatic rings. The molecule has 106 valence electrons. The molecular weight excluding hydrogens is 250 g/mol. The average molecular weight is 271 g/mol. The first-order valence-electron chi connectivity index (χ1n) is 6.89. The fraction of sp³-hybridized carbons (Fsp3) is 0.294. The quantitative estimate of drug-likeness (QED) is 0.876. The van der Waals surface area contributed by atoms with Gasteiger partial charge in [0.1, 0.15) is 11.5 Å². The number of rotatable bonds is 5. The van der Waals surface area contributed by atoms with Gasteiger partial charge >= 0.3 is 0 Å². The molecule has 0 unspecified atom stereocenters. The van der Waals surface area contributed by atoms with Crippen molar-refractivity contribution < 1.29 is 9.84 Å². The Hall–Kier alpha value is -2.00. The van der Waals surface area contributed by atoms with Gasteiger partial charge in [-0.3, -0.25) is 0 Å². The highest BCUT2D eigenvalue weighted by atomic mass is 16.5. The number of nitrogens with two attached hydrogens (primary N) is 1. The standard InChI is InChI=1S/C17H21NO2/c1-12(2)20-15-6-4-14(5-7-15)16-11-13(9-10-18)3-8-17(16)19/h3-8,11-12,19H,9-10,18H2,1-2H3. The molecule has 0 heterocycles. The molecule has 3 heteroatoms. The molecule has 0 aliphatic rings. The van der Waals surface area contributed by atoms with Gasteiger partial charge in [0.15, 0.2) is 0 Å². The molecule has 0 amide bonds. The van der Waals surface area contributed by atoms with E-state index >= 15 is 0 Å². The first kappa shape index (κ1) is 14.4. The van der Waals surface area contributed by atoms with E-state index in [1.165, 1.54) is 0 Å². The lowest BCUT2D eigenvalue weighted by atomic mass is 10.0. The molecule has 0 spiro atoms. The smallest absolute Gasteiger partial charge is 0.123 e. The Balaban J connectivity index is 2.28. The zero-order chi connectivity index (χ0) is 14.5. The molecule has 20 heavy (non-hydrogen) atoms. The van der Waals surface area contributed by atoms with E-state index in [9.17, 15) is 5.11 Å². The minimum absolute atomic E-state index is 0.155. The van der Waals surface area contributed by atoms with Crippen LogP contribution >= 0.6 is 0 Å². The third-order valence-corrected chi connectivity index (χ3v) is 3.03. The summed E-state index contributed by atoms with van der Waals surface area (Å²) in [6, 6.07) is 13.4. The second-order valence-electron chi connectivity index (χ2n) is 5.08. The molecule has 0 bridgehead atoms. The van der Waals surface area contributed by atoms with Gasteiger partial charge < -0.3 is 15.6 Å². The van der Waals surface area contributed by atoms with Crippen LogP contribution in [0.2, 0.25) is 0 Å². The van der Waals surface area contributed by atoms with Crippen molar-refractivity contribution >= 4 is 0 Å². The Labute approximate surface area is 120 Å². The zero-order valence-corrected chi connectivity index (χ0v) is 12.0. The summed E-state index contributed by atoms with van der Waals surface area (Å²) in [5.41, 5.74) is 8.50. The predicted octanol–water partition coefficient (Wildman–Crippen LogP) is 3.35. The third-order valence-electron chi connectivity index (χ3n) is 3.03. The molecule has 0 atom stereocenters. The van der Waals surface area contributed by atoms with Gasteiger partial charge in [-0.05, 0) is 62.2 Å². The molecule has 0 radical (unpaired) electrons. The molecule has 2 aromatic carbocycles. The second-order valence-corrected chi connectivity index (χ2v) is 5.08. The largest absolute Gasteiger partial charge is 0.507 e. The number of phenols is 1. The van der Waals surface area contributed by atoms with Crippen LogP contribution in [0, 0.1) is 0 Å². The van der Waals surface area contributed by atoms with Crippen molar-refractivity contribution in [1.29, 1.82) is 0 Å². The van der Waals surface area contributed by atoms with E-state index in [-0.39, 0.29) is 11.9 Å². The summed E-state index contributed by atoms with van der Waals surface area (Å²) < 4.78 is 5.62. The zero-order valence-electron chi connectivity index (χ0n) is 12.0. The van der Waals surface area contributed by atoms with Crippen molar-refractivity contribution in [2.75, 3.05) is 6.54 Å². The monoisotopic (exact) mass is 271 g/mol. The Bertz CT molecular complexity index is 562. The van der Waals surface area contributed by atoms with Gasteiger partial charge in [0.05, 0.1) is 6.10 Å². The van der Waals surface area contributed by atoms with Crippen LogP contribution in [0.1, 0.15) is 19.4 Å². The van der Waals surface area contributed by atoms with Gasteiger partial charge in [-0.15, -0.1) is 0 Å². The van der Waals surface area contributed by atoms with E-state index in [1.807, 2.05) is 50.2 Å². The topological polar surface area (TPSA) is 55.5 Å². The second kappa shape index (κ2) is 6.44. The molecule has 3 nitrogen and oxygen atoms in total. The average Bonchev–Trinajstić information content (AvgIpc) is 2.42. The highest BCUT2D eigenvalue weighted by Gasteiger charge is 2.06. The fourth-order valence-electron chi connectivity index (χ4n) is 2.12. The van der Waals surface area contributed by atoms with Crippen molar-refractivity contribution in [3.8, 4) is 22.6 Å². The van der Waals surface area contributed by atoms with Crippen LogP contribution in [0.4, 0.5) is 0 Å². The molecule has 2 rings (SSSR count). The minimum Gasteiger partial charge on any atom is -0.507 e. The number of benzene rings is 2. The van der Waals surface area contributed by atoms with Gasteiger partial charge in [0.25, 0.3) is 0 Å². The van der Waals surface area contributed by atoms with Gasteiger partial charge in [0.2, 0.25) is 0 Å². The van der Waals surface area contributed by atoms with Crippen molar-refractivity contribution in [1.82, 2.24) is 0 Å². The molecule has 3 N–H and O–H groups in total. The number of hydrogen-bond donors (Lipinski definition) is 2. The summed E-state index contributed by atoms with van der Waals surface area (Å²) in [6.45, 7) is 4.59. The molecule has 0 aromatic heterocycles. The van der Waals surface area contributed by atoms with E-state index in [4.69, 9.17) is 10.5 Å². The van der Waals surface area contributed by atoms with E-state index in [0.717, 1.165) is 28.9 Å². The predicted molar refractivity (Wildman–Crippen MR) is 82.1 cm³/mol. The van der Waals surface area contributed by atoms with Crippen LogP contribution < -0.4 is 10.5 Å². The lowest BCUT2D eigenvalue weighted by Crippen LogP contribution is -2.05. The highest BCUT2D eigenvalue weighted by molar-refractivity contribution is 5.71. The SMILES string of the molecule is CC(C)Oc1ccc(-c2cc(CCN)ccc2O)cc1. The van der Waals surface area contributed by atoms with Gasteiger partial charge in [-0.1, -0.05) is 18.2 Å². The van der Waals surface area contributed by atoms with Crippen LogP contribution in [0.25, 0.3) is 11.1 Å². The summed E-state index contributed by atoms with van der Waals surface area (Å²) in [6.07, 6.45) is 0.962. The van der Waals surface area contributed by atoms with Crippen LogP contribution in [-0.2, 0) is 6.42 Å². The van der Waals surface area contributed by atoms with Crippen molar-refractivity contribution in [2.24, 2.45) is 5.73 Å². The lowest BCUT2D eigenvalue weighted by Gasteiger charge is -2.11. The summed E-state index contributed by atoms with van der Waals surface area (Å²) >= 11 is 0. The summed E-state index contributed by atoms with van der Waals surface area (Å²) in [7, 11) is 0. The van der Waals surface area contributed by atoms with E-state index in [2.05, 4.69) is 0 Å². The maximum absolute atomic E-state index is 10.0. The molecular formula is C17H21NO2. The molecule has 0 fully saturated rings. The molecule has 0 saturated carbocycles. The number of phenolic OH excluding ortho intramolecular Hbond substituents is 1. The van der Waals surface area contributed by atoms with Crippen LogP contribution in [0.15, 0.2) is 42.5 Å². The summed E-state index contributed by atoms with van der Waals surface area (Å²) in [5, 5.41) is 10.0. The van der Waals surface area contributed by atoms with Gasteiger partial charge in [0, 0.05) is 5.56 Å². The Morgan fingerprint density at radius 1 is 1.10 bits per heavy atom. The highest BCUT2D eigenvalue weighted by Crippen LogP contribution is 2.31. The first-order valence-corrected chi connectivity index (χ1v) is 6.89. The third kappa shape index (κ3) is 3.52. The van der Waals surface area contributed by atoms with E-state index in [1.54, 1.807) is 6.07 Å². The molecule has 0 aliphatic heterocycles. The summed E-state index contributed by atoms with van der Waals surface area (Å²) in [5.74, 6) is 1.12. The number of aromatic hydroxyl groups is 1. The lowest BCUT2D eigenvalue weighted by molar-refractivity contribution is 0.242. The van der Waals surface area contributed by atoms with Crippen molar-refractivity contribution in [3.05, 3.63) is 48.0 Å². The Morgan fingerprint density at radius 3 is 2.40 bits per heavy atom. The van der Waals surface area contributed by atoms with E-state index in [0.29, 0.717) is 6.54 Å². The molecule has 0 aliphatic carbocycles. The van der Waals surface area contributed by atoms with Crippen LogP contribution in [0.5, 0.6) is 11.5 Å².